The summed E-state index contributed by atoms with van der Waals surface area (Å²) in [6.07, 6.45) is 0. The number of benzene rings is 2. The molecule has 0 aliphatic carbocycles. The predicted molar refractivity (Wildman–Crippen MR) is 74.6 cm³/mol. The van der Waals surface area contributed by atoms with Crippen LogP contribution in [0, 0.1) is 6.92 Å². The van der Waals surface area contributed by atoms with Gasteiger partial charge in [0.25, 0.3) is 0 Å². The fourth-order valence-electron chi connectivity index (χ4n) is 1.55. The van der Waals surface area contributed by atoms with Crippen LogP contribution in [0.5, 0.6) is 0 Å². The highest BCUT2D eigenvalue weighted by Crippen LogP contribution is 2.32. The predicted octanol–water partition coefficient (Wildman–Crippen LogP) is 4.26. The molecule has 0 aromatic heterocycles. The fourth-order valence-corrected chi connectivity index (χ4v) is 2.82. The van der Waals surface area contributed by atoms with Crippen molar-refractivity contribution in [2.75, 3.05) is 0 Å². The summed E-state index contributed by atoms with van der Waals surface area (Å²) in [5.41, 5.74) is 7.85. The van der Waals surface area contributed by atoms with E-state index in [0.717, 1.165) is 15.5 Å². The molecule has 0 bridgehead atoms. The van der Waals surface area contributed by atoms with E-state index < -0.39 is 0 Å². The summed E-state index contributed by atoms with van der Waals surface area (Å²) in [5.74, 6) is 0. The van der Waals surface area contributed by atoms with E-state index in [-0.39, 0.29) is 0 Å². The molecule has 0 fully saturated rings. The molecule has 0 aliphatic rings. The Balaban J connectivity index is 2.25. The Kier molecular flexibility index (Phi) is 4.11. The molecule has 0 aliphatic heterocycles. The number of hydrogen-bond donors (Lipinski definition) is 1. The summed E-state index contributed by atoms with van der Waals surface area (Å²) in [6.45, 7) is 2.59. The van der Waals surface area contributed by atoms with Crippen LogP contribution in [-0.2, 0) is 6.54 Å². The lowest BCUT2D eigenvalue weighted by molar-refractivity contribution is 1.07. The molecule has 1 nitrogen and oxygen atoms in total. The van der Waals surface area contributed by atoms with Crippen LogP contribution in [0.15, 0.2) is 52.3 Å². The first kappa shape index (κ1) is 12.5. The lowest BCUT2D eigenvalue weighted by Crippen LogP contribution is -1.96. The van der Waals surface area contributed by atoms with E-state index in [4.69, 9.17) is 17.3 Å². The van der Waals surface area contributed by atoms with Gasteiger partial charge < -0.3 is 5.73 Å². The minimum Gasteiger partial charge on any atom is -0.326 e. The molecule has 2 N–H and O–H groups in total. The Hall–Kier alpha value is -0.960. The van der Waals surface area contributed by atoms with Gasteiger partial charge in [-0.2, -0.15) is 0 Å². The van der Waals surface area contributed by atoms with Gasteiger partial charge in [-0.25, -0.2) is 0 Å². The molecule has 2 aromatic carbocycles. The van der Waals surface area contributed by atoms with Gasteiger partial charge in [-0.3, -0.25) is 0 Å². The third-order valence-corrected chi connectivity index (χ3v) is 4.09. The summed E-state index contributed by atoms with van der Waals surface area (Å²) in [5, 5.41) is 0.742. The first-order chi connectivity index (χ1) is 8.20. The van der Waals surface area contributed by atoms with Gasteiger partial charge in [0.05, 0.1) is 0 Å². The second kappa shape index (κ2) is 5.58. The zero-order valence-corrected chi connectivity index (χ0v) is 11.2. The van der Waals surface area contributed by atoms with Crippen molar-refractivity contribution in [2.45, 2.75) is 23.3 Å². The summed E-state index contributed by atoms with van der Waals surface area (Å²) >= 11 is 7.86. The van der Waals surface area contributed by atoms with Gasteiger partial charge in [-0.05, 0) is 36.2 Å². The molecule has 17 heavy (non-hydrogen) atoms. The van der Waals surface area contributed by atoms with Gasteiger partial charge in [-0.1, -0.05) is 47.6 Å². The van der Waals surface area contributed by atoms with E-state index in [1.807, 2.05) is 24.3 Å². The fraction of sp³-hybridized carbons (Fsp3) is 0.143. The molecule has 0 heterocycles. The molecule has 2 aromatic rings. The van der Waals surface area contributed by atoms with Crippen molar-refractivity contribution in [3.63, 3.8) is 0 Å². The molecule has 0 spiro atoms. The van der Waals surface area contributed by atoms with Crippen molar-refractivity contribution >= 4 is 23.4 Å². The Morgan fingerprint density at radius 3 is 2.59 bits per heavy atom. The summed E-state index contributed by atoms with van der Waals surface area (Å²) in [7, 11) is 0. The van der Waals surface area contributed by atoms with Crippen molar-refractivity contribution in [3.8, 4) is 0 Å². The van der Waals surface area contributed by atoms with E-state index in [1.54, 1.807) is 11.8 Å². The minimum atomic E-state index is 0.480. The van der Waals surface area contributed by atoms with Crippen LogP contribution in [0.25, 0.3) is 0 Å². The second-order valence-corrected chi connectivity index (χ2v) is 5.35. The standard InChI is InChI=1S/C14H14ClNS/c1-10-4-2-3-5-14(10)17-12-7-6-11(9-16)13(15)8-12/h2-8H,9,16H2,1H3. The average molecular weight is 264 g/mol. The molecule has 0 saturated heterocycles. The monoisotopic (exact) mass is 263 g/mol. The number of nitrogens with two attached hydrogens (primary N) is 1. The van der Waals surface area contributed by atoms with Crippen molar-refractivity contribution < 1.29 is 0 Å². The van der Waals surface area contributed by atoms with Gasteiger partial charge in [0, 0.05) is 21.4 Å². The maximum absolute atomic E-state index is 6.14. The van der Waals surface area contributed by atoms with Crippen LogP contribution in [0.4, 0.5) is 0 Å². The lowest BCUT2D eigenvalue weighted by Gasteiger charge is -2.07. The molecule has 88 valence electrons. The Morgan fingerprint density at radius 1 is 1.18 bits per heavy atom. The molecule has 0 unspecified atom stereocenters. The Labute approximate surface area is 111 Å². The molecule has 0 amide bonds. The minimum absolute atomic E-state index is 0.480. The van der Waals surface area contributed by atoms with Crippen molar-refractivity contribution in [1.29, 1.82) is 0 Å². The van der Waals surface area contributed by atoms with Crippen LogP contribution in [0.1, 0.15) is 11.1 Å². The van der Waals surface area contributed by atoms with Crippen molar-refractivity contribution in [2.24, 2.45) is 5.73 Å². The third-order valence-electron chi connectivity index (χ3n) is 2.57. The lowest BCUT2D eigenvalue weighted by atomic mass is 10.2. The zero-order chi connectivity index (χ0) is 12.3. The van der Waals surface area contributed by atoms with E-state index in [2.05, 4.69) is 25.1 Å². The first-order valence-corrected chi connectivity index (χ1v) is 6.62. The summed E-state index contributed by atoms with van der Waals surface area (Å²) in [4.78, 5) is 2.39. The van der Waals surface area contributed by atoms with Crippen LogP contribution in [-0.4, -0.2) is 0 Å². The van der Waals surface area contributed by atoms with E-state index in [1.165, 1.54) is 10.5 Å². The zero-order valence-electron chi connectivity index (χ0n) is 9.61. The molecule has 2 rings (SSSR count). The van der Waals surface area contributed by atoms with Crippen LogP contribution in [0.3, 0.4) is 0 Å². The van der Waals surface area contributed by atoms with Crippen molar-refractivity contribution in [3.05, 3.63) is 58.6 Å². The van der Waals surface area contributed by atoms with Crippen LogP contribution in [0.2, 0.25) is 5.02 Å². The maximum Gasteiger partial charge on any atom is 0.0462 e. The number of hydrogen-bond acceptors (Lipinski definition) is 2. The largest absolute Gasteiger partial charge is 0.326 e. The number of aryl methyl sites for hydroxylation is 1. The van der Waals surface area contributed by atoms with Gasteiger partial charge in [0.15, 0.2) is 0 Å². The topological polar surface area (TPSA) is 26.0 Å². The first-order valence-electron chi connectivity index (χ1n) is 5.42. The van der Waals surface area contributed by atoms with Gasteiger partial charge in [0.2, 0.25) is 0 Å². The Bertz CT molecular complexity index is 525. The highest BCUT2D eigenvalue weighted by molar-refractivity contribution is 7.99. The summed E-state index contributed by atoms with van der Waals surface area (Å²) in [6, 6.07) is 14.3. The van der Waals surface area contributed by atoms with E-state index in [0.29, 0.717) is 6.54 Å². The highest BCUT2D eigenvalue weighted by atomic mass is 35.5. The Morgan fingerprint density at radius 2 is 1.94 bits per heavy atom. The SMILES string of the molecule is Cc1ccccc1Sc1ccc(CN)c(Cl)c1. The molecule has 0 atom stereocenters. The highest BCUT2D eigenvalue weighted by Gasteiger charge is 2.03. The number of rotatable bonds is 3. The van der Waals surface area contributed by atoms with Crippen LogP contribution < -0.4 is 5.73 Å². The van der Waals surface area contributed by atoms with Crippen molar-refractivity contribution in [1.82, 2.24) is 0 Å². The molecule has 3 heteroatoms. The van der Waals surface area contributed by atoms with Gasteiger partial charge in [-0.15, -0.1) is 0 Å². The third kappa shape index (κ3) is 3.03. The molecular weight excluding hydrogens is 250 g/mol. The van der Waals surface area contributed by atoms with Crippen LogP contribution >= 0.6 is 23.4 Å². The van der Waals surface area contributed by atoms with Gasteiger partial charge in [0.1, 0.15) is 0 Å². The summed E-state index contributed by atoms with van der Waals surface area (Å²) < 4.78 is 0. The second-order valence-electron chi connectivity index (χ2n) is 3.82. The smallest absolute Gasteiger partial charge is 0.0462 e. The average Bonchev–Trinajstić information content (AvgIpc) is 2.32. The van der Waals surface area contributed by atoms with E-state index >= 15 is 0 Å². The number of halogens is 1. The molecule has 0 saturated carbocycles. The normalized spacial score (nSPS) is 10.5. The molecular formula is C14H14ClNS. The molecule has 0 radical (unpaired) electrons. The van der Waals surface area contributed by atoms with Gasteiger partial charge >= 0.3 is 0 Å². The quantitative estimate of drug-likeness (QED) is 0.896. The van der Waals surface area contributed by atoms with E-state index in [9.17, 15) is 0 Å². The maximum atomic E-state index is 6.14.